The summed E-state index contributed by atoms with van der Waals surface area (Å²) < 4.78 is 0. The lowest BCUT2D eigenvalue weighted by Gasteiger charge is -2.30. The molecule has 0 amide bonds. The summed E-state index contributed by atoms with van der Waals surface area (Å²) in [7, 11) is 0. The molecule has 5 nitrogen and oxygen atoms in total. The number of hydrogen-bond acceptors (Lipinski definition) is 4. The highest BCUT2D eigenvalue weighted by molar-refractivity contribution is 5.43. The van der Waals surface area contributed by atoms with Crippen LogP contribution < -0.4 is 5.32 Å². The standard InChI is InChI=1S/C15H22N2O3/c1-10-6-7-12(8-14(10)17(19)20)15(18)9-13-5-3-4-11(2)16-13/h6-8,11,13,15-16,18H,3-5,9H2,1-2H3. The number of nitrogens with zero attached hydrogens (tertiary/aromatic N) is 1. The highest BCUT2D eigenvalue weighted by atomic mass is 16.6. The molecule has 0 radical (unpaired) electrons. The average molecular weight is 278 g/mol. The van der Waals surface area contributed by atoms with Gasteiger partial charge < -0.3 is 10.4 Å². The molecule has 3 atom stereocenters. The number of nitro benzene ring substituents is 1. The van der Waals surface area contributed by atoms with Crippen molar-refractivity contribution in [2.24, 2.45) is 0 Å². The number of hydrogen-bond donors (Lipinski definition) is 2. The normalized spacial score (nSPS) is 24.4. The van der Waals surface area contributed by atoms with E-state index in [-0.39, 0.29) is 11.7 Å². The van der Waals surface area contributed by atoms with Gasteiger partial charge >= 0.3 is 0 Å². The van der Waals surface area contributed by atoms with Gasteiger partial charge in [-0.15, -0.1) is 0 Å². The molecule has 1 fully saturated rings. The van der Waals surface area contributed by atoms with Crippen molar-refractivity contribution in [2.45, 2.75) is 57.7 Å². The van der Waals surface area contributed by atoms with E-state index in [1.165, 1.54) is 18.9 Å². The van der Waals surface area contributed by atoms with Crippen molar-refractivity contribution < 1.29 is 10.0 Å². The molecule has 1 aromatic rings. The zero-order chi connectivity index (χ0) is 14.7. The van der Waals surface area contributed by atoms with Crippen molar-refractivity contribution >= 4 is 5.69 Å². The molecular formula is C15H22N2O3. The smallest absolute Gasteiger partial charge is 0.272 e. The molecule has 5 heteroatoms. The number of nitrogens with one attached hydrogen (secondary N) is 1. The summed E-state index contributed by atoms with van der Waals surface area (Å²) in [5.41, 5.74) is 1.32. The maximum Gasteiger partial charge on any atom is 0.272 e. The highest BCUT2D eigenvalue weighted by Gasteiger charge is 2.22. The molecule has 1 aliphatic rings. The number of aliphatic hydroxyl groups excluding tert-OH is 1. The Morgan fingerprint density at radius 1 is 1.50 bits per heavy atom. The molecule has 0 spiro atoms. The van der Waals surface area contributed by atoms with Crippen molar-refractivity contribution in [3.63, 3.8) is 0 Å². The predicted molar refractivity (Wildman–Crippen MR) is 77.6 cm³/mol. The van der Waals surface area contributed by atoms with Crippen LogP contribution in [0.4, 0.5) is 5.69 Å². The Kier molecular flexibility index (Phi) is 4.73. The molecule has 20 heavy (non-hydrogen) atoms. The molecule has 0 aliphatic carbocycles. The van der Waals surface area contributed by atoms with Crippen LogP contribution >= 0.6 is 0 Å². The number of aryl methyl sites for hydroxylation is 1. The van der Waals surface area contributed by atoms with Gasteiger partial charge in [-0.1, -0.05) is 18.6 Å². The lowest BCUT2D eigenvalue weighted by atomic mass is 9.93. The van der Waals surface area contributed by atoms with Gasteiger partial charge in [0.15, 0.2) is 0 Å². The first kappa shape index (κ1) is 14.9. The van der Waals surface area contributed by atoms with Crippen molar-refractivity contribution in [3.05, 3.63) is 39.4 Å². The fourth-order valence-corrected chi connectivity index (χ4v) is 2.86. The van der Waals surface area contributed by atoms with Gasteiger partial charge in [-0.2, -0.15) is 0 Å². The molecule has 0 aromatic heterocycles. The summed E-state index contributed by atoms with van der Waals surface area (Å²) in [6.45, 7) is 3.86. The number of rotatable bonds is 4. The zero-order valence-electron chi connectivity index (χ0n) is 12.0. The van der Waals surface area contributed by atoms with E-state index in [2.05, 4.69) is 12.2 Å². The highest BCUT2D eigenvalue weighted by Crippen LogP contribution is 2.27. The Bertz CT molecular complexity index is 490. The maximum absolute atomic E-state index is 10.9. The molecule has 3 unspecified atom stereocenters. The van der Waals surface area contributed by atoms with Gasteiger partial charge in [0.2, 0.25) is 0 Å². The molecule has 1 heterocycles. The van der Waals surface area contributed by atoms with Crippen molar-refractivity contribution in [3.8, 4) is 0 Å². The summed E-state index contributed by atoms with van der Waals surface area (Å²) >= 11 is 0. The van der Waals surface area contributed by atoms with E-state index in [1.54, 1.807) is 19.1 Å². The minimum atomic E-state index is -0.655. The van der Waals surface area contributed by atoms with Gasteiger partial charge in [-0.25, -0.2) is 0 Å². The summed E-state index contributed by atoms with van der Waals surface area (Å²) in [4.78, 5) is 10.5. The third-order valence-corrected chi connectivity index (χ3v) is 4.03. The quantitative estimate of drug-likeness (QED) is 0.656. The molecule has 110 valence electrons. The van der Waals surface area contributed by atoms with Crippen LogP contribution in [0.2, 0.25) is 0 Å². The SMILES string of the molecule is Cc1ccc(C(O)CC2CCCC(C)N2)cc1[N+](=O)[O-]. The summed E-state index contributed by atoms with van der Waals surface area (Å²) in [6, 6.07) is 5.74. The first-order chi connectivity index (χ1) is 9.47. The second kappa shape index (κ2) is 6.33. The van der Waals surface area contributed by atoms with E-state index < -0.39 is 11.0 Å². The van der Waals surface area contributed by atoms with Gasteiger partial charge in [-0.05, 0) is 38.7 Å². The predicted octanol–water partition coefficient (Wildman–Crippen LogP) is 2.86. The number of aliphatic hydroxyl groups is 1. The molecule has 2 N–H and O–H groups in total. The number of benzene rings is 1. The summed E-state index contributed by atoms with van der Waals surface area (Å²) in [5, 5.41) is 24.7. The van der Waals surface area contributed by atoms with Gasteiger partial charge in [0, 0.05) is 23.7 Å². The fourth-order valence-electron chi connectivity index (χ4n) is 2.86. The third-order valence-electron chi connectivity index (χ3n) is 4.03. The molecule has 1 aliphatic heterocycles. The van der Waals surface area contributed by atoms with E-state index in [0.717, 1.165) is 6.42 Å². The van der Waals surface area contributed by atoms with Crippen molar-refractivity contribution in [2.75, 3.05) is 0 Å². The van der Waals surface area contributed by atoms with Crippen LogP contribution in [0, 0.1) is 17.0 Å². The lowest BCUT2D eigenvalue weighted by Crippen LogP contribution is -2.41. The van der Waals surface area contributed by atoms with Gasteiger partial charge in [-0.3, -0.25) is 10.1 Å². The molecule has 1 saturated heterocycles. The van der Waals surface area contributed by atoms with Crippen LogP contribution in [0.1, 0.15) is 49.8 Å². The average Bonchev–Trinajstić information content (AvgIpc) is 2.38. The molecule has 2 rings (SSSR count). The van der Waals surface area contributed by atoms with E-state index in [4.69, 9.17) is 0 Å². The van der Waals surface area contributed by atoms with Gasteiger partial charge in [0.05, 0.1) is 11.0 Å². The second-order valence-corrected chi connectivity index (χ2v) is 5.75. The third kappa shape index (κ3) is 3.55. The van der Waals surface area contributed by atoms with E-state index in [1.807, 2.05) is 0 Å². The number of nitro groups is 1. The Hall–Kier alpha value is -1.46. The zero-order valence-corrected chi connectivity index (χ0v) is 12.0. The Labute approximate surface area is 119 Å². The molecule has 0 saturated carbocycles. The minimum absolute atomic E-state index is 0.0755. The maximum atomic E-state index is 10.9. The van der Waals surface area contributed by atoms with Crippen molar-refractivity contribution in [1.29, 1.82) is 0 Å². The Balaban J connectivity index is 2.07. The largest absolute Gasteiger partial charge is 0.388 e. The second-order valence-electron chi connectivity index (χ2n) is 5.75. The van der Waals surface area contributed by atoms with Gasteiger partial charge in [0.25, 0.3) is 5.69 Å². The summed E-state index contributed by atoms with van der Waals surface area (Å²) in [5.74, 6) is 0. The molecule has 0 bridgehead atoms. The minimum Gasteiger partial charge on any atom is -0.388 e. The van der Waals surface area contributed by atoms with E-state index in [9.17, 15) is 15.2 Å². The first-order valence-corrected chi connectivity index (χ1v) is 7.16. The molecular weight excluding hydrogens is 256 g/mol. The lowest BCUT2D eigenvalue weighted by molar-refractivity contribution is -0.385. The summed E-state index contributed by atoms with van der Waals surface area (Å²) in [6.07, 6.45) is 3.33. The number of piperidine rings is 1. The van der Waals surface area contributed by atoms with Crippen LogP contribution in [-0.2, 0) is 0 Å². The van der Waals surface area contributed by atoms with E-state index in [0.29, 0.717) is 23.6 Å². The topological polar surface area (TPSA) is 75.4 Å². The van der Waals surface area contributed by atoms with Crippen LogP contribution in [-0.4, -0.2) is 22.1 Å². The van der Waals surface area contributed by atoms with Crippen LogP contribution in [0.15, 0.2) is 18.2 Å². The van der Waals surface area contributed by atoms with Crippen LogP contribution in [0.5, 0.6) is 0 Å². The van der Waals surface area contributed by atoms with Crippen LogP contribution in [0.3, 0.4) is 0 Å². The first-order valence-electron chi connectivity index (χ1n) is 7.16. The van der Waals surface area contributed by atoms with Crippen molar-refractivity contribution in [1.82, 2.24) is 5.32 Å². The Morgan fingerprint density at radius 2 is 2.25 bits per heavy atom. The fraction of sp³-hybridized carbons (Fsp3) is 0.600. The molecule has 1 aromatic carbocycles. The van der Waals surface area contributed by atoms with E-state index >= 15 is 0 Å². The monoisotopic (exact) mass is 278 g/mol. The Morgan fingerprint density at radius 3 is 2.90 bits per heavy atom. The van der Waals surface area contributed by atoms with Gasteiger partial charge in [0.1, 0.15) is 0 Å². The van der Waals surface area contributed by atoms with Crippen LogP contribution in [0.25, 0.3) is 0 Å².